The van der Waals surface area contributed by atoms with Crippen LogP contribution in [0, 0.1) is 0 Å². The van der Waals surface area contributed by atoms with E-state index in [9.17, 15) is 0 Å². The van der Waals surface area contributed by atoms with E-state index in [1.807, 2.05) is 31.1 Å². The van der Waals surface area contributed by atoms with E-state index in [2.05, 4.69) is 0 Å². The van der Waals surface area contributed by atoms with Crippen LogP contribution in [-0.4, -0.2) is 13.8 Å². The number of rotatable bonds is 0. The van der Waals surface area contributed by atoms with Crippen molar-refractivity contribution in [1.29, 1.82) is 0 Å². The molecule has 0 N–H and O–H groups in total. The molecule has 0 saturated carbocycles. The van der Waals surface area contributed by atoms with Gasteiger partial charge in [0.1, 0.15) is 0 Å². The Morgan fingerprint density at radius 2 is 2.11 bits per heavy atom. The fourth-order valence-electron chi connectivity index (χ4n) is 0.906. The Morgan fingerprint density at radius 1 is 1.22 bits per heavy atom. The van der Waals surface area contributed by atoms with Crippen molar-refractivity contribution < 1.29 is 4.33 Å². The third-order valence-corrected chi connectivity index (χ3v) is 1.36. The van der Waals surface area contributed by atoms with Crippen LogP contribution >= 0.6 is 0 Å². The number of hydrogen-bond acceptors (Lipinski definition) is 1. The van der Waals surface area contributed by atoms with Crippen molar-refractivity contribution in [3.63, 3.8) is 0 Å². The average Bonchev–Trinajstić information content (AvgIpc) is 2.33. The van der Waals surface area contributed by atoms with Crippen LogP contribution in [-0.2, 0) is 0 Å². The summed E-state index contributed by atoms with van der Waals surface area (Å²) in [6.07, 6.45) is 0. The van der Waals surface area contributed by atoms with Gasteiger partial charge >= 0.3 is 53.3 Å². The molecule has 0 atom stereocenters. The van der Waals surface area contributed by atoms with Crippen LogP contribution in [0.1, 0.15) is 0 Å². The van der Waals surface area contributed by atoms with Gasteiger partial charge in [-0.05, 0) is 0 Å². The summed E-state index contributed by atoms with van der Waals surface area (Å²) in [6.45, 7) is 1.95. The molecule has 0 spiro atoms. The van der Waals surface area contributed by atoms with Gasteiger partial charge in [-0.2, -0.15) is 0 Å². The number of fused-ring (bicyclic) bond motifs is 1. The predicted molar refractivity (Wildman–Crippen MR) is 38.9 cm³/mol. The van der Waals surface area contributed by atoms with Crippen LogP contribution in [0.4, 0.5) is 0 Å². The van der Waals surface area contributed by atoms with E-state index in [4.69, 9.17) is 4.33 Å². The van der Waals surface area contributed by atoms with Gasteiger partial charge < -0.3 is 0 Å². The zero-order valence-electron chi connectivity index (χ0n) is 4.87. The van der Waals surface area contributed by atoms with Gasteiger partial charge in [-0.1, -0.05) is 0 Å². The molecule has 3 heteroatoms. The summed E-state index contributed by atoms with van der Waals surface area (Å²) in [6, 6.07) is 7.94. The molecule has 0 aliphatic heterocycles. The van der Waals surface area contributed by atoms with Crippen molar-refractivity contribution in [2.75, 3.05) is 0 Å². The van der Waals surface area contributed by atoms with Crippen LogP contribution in [0.25, 0.3) is 10.9 Å². The molecule has 0 unspecified atom stereocenters. The molecule has 0 bridgehead atoms. The Balaban J connectivity index is 2.95. The Kier molecular flexibility index (Phi) is 1.01. The Hall–Kier alpha value is -0.850. The molecular formula is C6H4B2O. The summed E-state index contributed by atoms with van der Waals surface area (Å²) in [5.74, 6) is 0. The number of hydrogen-bond donors (Lipinski definition) is 0. The van der Waals surface area contributed by atoms with Crippen LogP contribution in [0.3, 0.4) is 0 Å². The molecule has 1 aromatic heterocycles. The minimum atomic E-state index is 0.956. The van der Waals surface area contributed by atoms with Crippen LogP contribution in [0.15, 0.2) is 28.6 Å². The molecule has 0 aliphatic rings. The van der Waals surface area contributed by atoms with Gasteiger partial charge in [0, 0.05) is 0 Å². The first-order valence-electron chi connectivity index (χ1n) is 2.89. The Bertz CT molecular complexity index is 285. The van der Waals surface area contributed by atoms with Gasteiger partial charge in [-0.15, -0.1) is 0 Å². The van der Waals surface area contributed by atoms with Crippen molar-refractivity contribution in [1.82, 2.24) is 0 Å². The third kappa shape index (κ3) is 0.727. The molecule has 0 saturated heterocycles. The fraction of sp³-hybridized carbons (Fsp3) is 0. The van der Waals surface area contributed by atoms with Crippen molar-refractivity contribution in [3.8, 4) is 0 Å². The monoisotopic (exact) mass is 114 g/mol. The van der Waals surface area contributed by atoms with Gasteiger partial charge in [-0.3, -0.25) is 0 Å². The molecule has 1 aromatic carbocycles. The van der Waals surface area contributed by atoms with E-state index < -0.39 is 0 Å². The van der Waals surface area contributed by atoms with E-state index in [1.54, 1.807) is 7.01 Å². The first kappa shape index (κ1) is 4.98. The van der Waals surface area contributed by atoms with Crippen molar-refractivity contribution in [2.45, 2.75) is 0 Å². The second-order valence-electron chi connectivity index (χ2n) is 1.96. The number of para-hydroxylation sites is 1. The van der Waals surface area contributed by atoms with Crippen molar-refractivity contribution >= 4 is 24.7 Å². The minimum absolute atomic E-state index is 0.956. The van der Waals surface area contributed by atoms with Gasteiger partial charge in [0.25, 0.3) is 0 Å². The van der Waals surface area contributed by atoms with Crippen molar-refractivity contribution in [3.05, 3.63) is 24.3 Å². The zero-order valence-corrected chi connectivity index (χ0v) is 4.87. The molecule has 9 heavy (non-hydrogen) atoms. The van der Waals surface area contributed by atoms with E-state index >= 15 is 0 Å². The molecule has 1 heterocycles. The average molecular weight is 114 g/mol. The molecular weight excluding hydrogens is 110 g/mol. The van der Waals surface area contributed by atoms with E-state index in [0.29, 0.717) is 0 Å². The van der Waals surface area contributed by atoms with Crippen molar-refractivity contribution in [2.24, 2.45) is 0 Å². The second kappa shape index (κ2) is 1.83. The molecule has 2 rings (SSSR count). The topological polar surface area (TPSA) is 13.1 Å². The van der Waals surface area contributed by atoms with Gasteiger partial charge in [0.2, 0.25) is 0 Å². The summed E-state index contributed by atoms with van der Waals surface area (Å²) in [5.41, 5.74) is 0.956. The molecule has 0 fully saturated rings. The van der Waals surface area contributed by atoms with Gasteiger partial charge in [0.05, 0.1) is 0 Å². The molecule has 0 amide bonds. The number of benzene rings is 1. The summed E-state index contributed by atoms with van der Waals surface area (Å²) < 4.78 is 5.12. The normalized spacial score (nSPS) is 9.33. The Morgan fingerprint density at radius 3 is 3.00 bits per heavy atom. The SMILES string of the molecule is b1bc2ccccc2o1. The summed E-state index contributed by atoms with van der Waals surface area (Å²) >= 11 is 0. The van der Waals surface area contributed by atoms with E-state index in [-0.39, 0.29) is 0 Å². The molecule has 2 aromatic rings. The molecule has 1 nitrogen and oxygen atoms in total. The fourth-order valence-corrected chi connectivity index (χ4v) is 0.906. The maximum atomic E-state index is 5.12. The maximum absolute atomic E-state index is 5.12. The first-order valence-corrected chi connectivity index (χ1v) is 2.89. The molecule has 40 valence electrons. The van der Waals surface area contributed by atoms with Crippen LogP contribution < -0.4 is 0 Å². The summed E-state index contributed by atoms with van der Waals surface area (Å²) in [7, 11) is 1.70. The van der Waals surface area contributed by atoms with Gasteiger partial charge in [0.15, 0.2) is 0 Å². The van der Waals surface area contributed by atoms with Gasteiger partial charge in [-0.25, -0.2) is 0 Å². The first-order chi connectivity index (χ1) is 4.47. The second-order valence-corrected chi connectivity index (χ2v) is 1.96. The third-order valence-electron chi connectivity index (χ3n) is 1.36. The van der Waals surface area contributed by atoms with Crippen LogP contribution in [0.5, 0.6) is 0 Å². The molecule has 0 aliphatic carbocycles. The predicted octanol–water partition coefficient (Wildman–Crippen LogP) is 1.11. The summed E-state index contributed by atoms with van der Waals surface area (Å²) in [5, 5.41) is 1.16. The van der Waals surface area contributed by atoms with Crippen LogP contribution in [0.2, 0.25) is 0 Å². The Labute approximate surface area is 54.1 Å². The standard InChI is InChI=1S/C6H4B2O/c1-2-4-6-5(3-1)7-8-9-6/h1-4H. The quantitative estimate of drug-likeness (QED) is 0.499. The summed E-state index contributed by atoms with van der Waals surface area (Å²) in [4.78, 5) is 0. The zero-order chi connectivity index (χ0) is 6.10. The molecule has 0 radical (unpaired) electrons. The van der Waals surface area contributed by atoms with E-state index in [0.717, 1.165) is 10.9 Å². The van der Waals surface area contributed by atoms with E-state index in [1.165, 1.54) is 0 Å².